The number of methoxy groups -OCH3 is 1. The van der Waals surface area contributed by atoms with Crippen LogP contribution in [0, 0.1) is 6.92 Å². The van der Waals surface area contributed by atoms with Gasteiger partial charge in [0, 0.05) is 18.9 Å². The first-order valence-electron chi connectivity index (χ1n) is 7.20. The van der Waals surface area contributed by atoms with Gasteiger partial charge < -0.3 is 19.9 Å². The molecule has 2 aliphatic rings. The number of hydrogen-bond donors (Lipinski definition) is 1. The first-order chi connectivity index (χ1) is 10.0. The Morgan fingerprint density at radius 2 is 2.38 bits per heavy atom. The summed E-state index contributed by atoms with van der Waals surface area (Å²) in [6.45, 7) is 4.39. The van der Waals surface area contributed by atoms with E-state index < -0.39 is 17.5 Å². The van der Waals surface area contributed by atoms with Gasteiger partial charge in [0.05, 0.1) is 6.61 Å². The second kappa shape index (κ2) is 5.08. The van der Waals surface area contributed by atoms with Gasteiger partial charge in [-0.15, -0.1) is 0 Å². The van der Waals surface area contributed by atoms with Crippen LogP contribution in [-0.2, 0) is 14.2 Å². The normalized spacial score (nSPS) is 34.5. The van der Waals surface area contributed by atoms with Gasteiger partial charge in [0.15, 0.2) is 6.23 Å². The molecule has 2 N–H and O–H groups in total. The van der Waals surface area contributed by atoms with Crippen LogP contribution in [0.15, 0.2) is 11.0 Å². The monoisotopic (exact) mass is 295 g/mol. The van der Waals surface area contributed by atoms with Crippen molar-refractivity contribution in [3.8, 4) is 0 Å². The second-order valence-corrected chi connectivity index (χ2v) is 5.75. The van der Waals surface area contributed by atoms with Gasteiger partial charge >= 0.3 is 5.69 Å². The van der Waals surface area contributed by atoms with Gasteiger partial charge in [0.25, 0.3) is 0 Å². The minimum Gasteiger partial charge on any atom is -0.383 e. The molecule has 0 radical (unpaired) electrons. The summed E-state index contributed by atoms with van der Waals surface area (Å²) in [5.74, 6) is 0.242. The first-order valence-corrected chi connectivity index (χ1v) is 7.20. The van der Waals surface area contributed by atoms with Gasteiger partial charge in [-0.25, -0.2) is 4.79 Å². The maximum atomic E-state index is 12.1. The zero-order valence-electron chi connectivity index (χ0n) is 12.5. The van der Waals surface area contributed by atoms with Crippen molar-refractivity contribution < 1.29 is 14.2 Å². The SMILES string of the molecule is CCC[C@@]12CO[C@@H](C1OC)[C@H](n1cc(C)c(N)nc1=O)O2. The average Bonchev–Trinajstić information content (AvgIpc) is 2.94. The molecular weight excluding hydrogens is 274 g/mol. The van der Waals surface area contributed by atoms with E-state index in [0.29, 0.717) is 6.61 Å². The zero-order chi connectivity index (χ0) is 15.2. The molecule has 21 heavy (non-hydrogen) atoms. The fraction of sp³-hybridized carbons (Fsp3) is 0.714. The molecule has 0 aliphatic carbocycles. The molecule has 2 fully saturated rings. The van der Waals surface area contributed by atoms with Gasteiger partial charge in [0.2, 0.25) is 0 Å². The first kappa shape index (κ1) is 14.5. The lowest BCUT2D eigenvalue weighted by Crippen LogP contribution is -2.41. The minimum absolute atomic E-state index is 0.174. The Bertz CT molecular complexity index is 602. The molecule has 7 heteroatoms. The predicted octanol–water partition coefficient (Wildman–Crippen LogP) is 0.615. The summed E-state index contributed by atoms with van der Waals surface area (Å²) in [5, 5.41) is 0. The Hall–Kier alpha value is -1.44. The van der Waals surface area contributed by atoms with Crippen LogP contribution in [0.1, 0.15) is 31.6 Å². The fourth-order valence-corrected chi connectivity index (χ4v) is 3.37. The Kier molecular flexibility index (Phi) is 3.51. The van der Waals surface area contributed by atoms with Gasteiger partial charge in [-0.1, -0.05) is 13.3 Å². The Labute approximate surface area is 123 Å². The summed E-state index contributed by atoms with van der Waals surface area (Å²) < 4.78 is 19.1. The van der Waals surface area contributed by atoms with E-state index in [1.165, 1.54) is 4.57 Å². The van der Waals surface area contributed by atoms with Gasteiger partial charge in [-0.05, 0) is 13.3 Å². The van der Waals surface area contributed by atoms with Crippen LogP contribution in [0.4, 0.5) is 5.82 Å². The highest BCUT2D eigenvalue weighted by molar-refractivity contribution is 5.35. The summed E-state index contributed by atoms with van der Waals surface area (Å²) in [6.07, 6.45) is 2.46. The lowest BCUT2D eigenvalue weighted by molar-refractivity contribution is -0.177. The number of fused-ring (bicyclic) bond motifs is 2. The van der Waals surface area contributed by atoms with Crippen molar-refractivity contribution in [1.82, 2.24) is 9.55 Å². The molecular formula is C14H21N3O4. The third-order valence-corrected chi connectivity index (χ3v) is 4.35. The molecule has 4 atom stereocenters. The highest BCUT2D eigenvalue weighted by atomic mass is 16.7. The van der Waals surface area contributed by atoms with Crippen molar-refractivity contribution in [2.45, 2.75) is 50.7 Å². The number of nitrogens with two attached hydrogens (primary N) is 1. The highest BCUT2D eigenvalue weighted by Gasteiger charge is 2.62. The average molecular weight is 295 g/mol. The van der Waals surface area contributed by atoms with Crippen molar-refractivity contribution in [3.05, 3.63) is 22.2 Å². The Balaban J connectivity index is 1.99. The third-order valence-electron chi connectivity index (χ3n) is 4.35. The van der Waals surface area contributed by atoms with Crippen LogP contribution in [0.3, 0.4) is 0 Å². The van der Waals surface area contributed by atoms with E-state index in [4.69, 9.17) is 19.9 Å². The fourth-order valence-electron chi connectivity index (χ4n) is 3.37. The Morgan fingerprint density at radius 1 is 1.62 bits per heavy atom. The van der Waals surface area contributed by atoms with Crippen molar-refractivity contribution in [1.29, 1.82) is 0 Å². The highest BCUT2D eigenvalue weighted by Crippen LogP contribution is 2.48. The van der Waals surface area contributed by atoms with E-state index >= 15 is 0 Å². The van der Waals surface area contributed by atoms with E-state index in [0.717, 1.165) is 18.4 Å². The molecule has 3 rings (SSSR count). The van der Waals surface area contributed by atoms with Gasteiger partial charge in [-0.3, -0.25) is 4.57 Å². The molecule has 7 nitrogen and oxygen atoms in total. The molecule has 1 aromatic rings. The number of rotatable bonds is 4. The van der Waals surface area contributed by atoms with E-state index in [-0.39, 0.29) is 18.0 Å². The molecule has 1 aromatic heterocycles. The molecule has 0 amide bonds. The molecule has 0 aromatic carbocycles. The molecule has 2 saturated heterocycles. The number of nitrogens with zero attached hydrogens (tertiary/aromatic N) is 2. The third kappa shape index (κ3) is 2.07. The summed E-state index contributed by atoms with van der Waals surface area (Å²) in [7, 11) is 1.65. The van der Waals surface area contributed by atoms with Gasteiger partial charge in [0.1, 0.15) is 23.6 Å². The lowest BCUT2D eigenvalue weighted by atomic mass is 9.94. The molecule has 2 aliphatic heterocycles. The number of nitrogen functional groups attached to an aromatic ring is 1. The molecule has 0 saturated carbocycles. The maximum absolute atomic E-state index is 12.1. The smallest absolute Gasteiger partial charge is 0.351 e. The molecule has 116 valence electrons. The topological polar surface area (TPSA) is 88.6 Å². The molecule has 3 heterocycles. The van der Waals surface area contributed by atoms with E-state index in [2.05, 4.69) is 11.9 Å². The van der Waals surface area contributed by atoms with Crippen molar-refractivity contribution >= 4 is 5.82 Å². The van der Waals surface area contributed by atoms with E-state index in [1.807, 2.05) is 6.92 Å². The van der Waals surface area contributed by atoms with Crippen LogP contribution in [0.2, 0.25) is 0 Å². The standard InChI is InChI=1S/C14H21N3O4/c1-4-5-14-7-20-9(10(14)19-3)12(21-14)17-6-8(2)11(15)16-13(17)18/h6,9-10,12H,4-5,7H2,1-3H3,(H2,15,16,18)/t9-,10?,12+,14+/m0/s1. The number of aryl methyl sites for hydroxylation is 1. The largest absolute Gasteiger partial charge is 0.383 e. The number of aromatic nitrogens is 2. The number of hydrogen-bond acceptors (Lipinski definition) is 6. The zero-order valence-corrected chi connectivity index (χ0v) is 12.5. The molecule has 0 spiro atoms. The maximum Gasteiger partial charge on any atom is 0.351 e. The quantitative estimate of drug-likeness (QED) is 0.875. The Morgan fingerprint density at radius 3 is 3.05 bits per heavy atom. The predicted molar refractivity (Wildman–Crippen MR) is 75.9 cm³/mol. The van der Waals surface area contributed by atoms with Crippen LogP contribution in [0.5, 0.6) is 0 Å². The summed E-state index contributed by atoms with van der Waals surface area (Å²) in [4.78, 5) is 15.9. The number of anilines is 1. The number of ether oxygens (including phenoxy) is 3. The van der Waals surface area contributed by atoms with Crippen molar-refractivity contribution in [3.63, 3.8) is 0 Å². The van der Waals surface area contributed by atoms with E-state index in [9.17, 15) is 4.79 Å². The lowest BCUT2D eigenvalue weighted by Gasteiger charge is -2.31. The summed E-state index contributed by atoms with van der Waals surface area (Å²) in [5.41, 5.74) is 5.50. The van der Waals surface area contributed by atoms with E-state index in [1.54, 1.807) is 13.3 Å². The summed E-state index contributed by atoms with van der Waals surface area (Å²) >= 11 is 0. The van der Waals surface area contributed by atoms with Crippen LogP contribution in [-0.4, -0.2) is 41.1 Å². The van der Waals surface area contributed by atoms with Crippen molar-refractivity contribution in [2.75, 3.05) is 19.5 Å². The summed E-state index contributed by atoms with van der Waals surface area (Å²) in [6, 6.07) is 0. The van der Waals surface area contributed by atoms with Crippen LogP contribution < -0.4 is 11.4 Å². The molecule has 1 unspecified atom stereocenters. The second-order valence-electron chi connectivity index (χ2n) is 5.75. The van der Waals surface area contributed by atoms with Crippen molar-refractivity contribution in [2.24, 2.45) is 0 Å². The minimum atomic E-state index is -0.519. The van der Waals surface area contributed by atoms with Crippen LogP contribution in [0.25, 0.3) is 0 Å². The van der Waals surface area contributed by atoms with Crippen LogP contribution >= 0.6 is 0 Å². The van der Waals surface area contributed by atoms with Gasteiger partial charge in [-0.2, -0.15) is 4.98 Å². The molecule has 2 bridgehead atoms.